The number of hydrogen-bond donors (Lipinski definition) is 1. The maximum atomic E-state index is 13.6. The predicted molar refractivity (Wildman–Crippen MR) is 53.6 cm³/mol. The molecule has 1 aliphatic carbocycles. The fourth-order valence-corrected chi connectivity index (χ4v) is 1.94. The Kier molecular flexibility index (Phi) is 2.74. The molecule has 0 bridgehead atoms. The summed E-state index contributed by atoms with van der Waals surface area (Å²) in [5.74, 6) is -1.50. The summed E-state index contributed by atoms with van der Waals surface area (Å²) in [6.07, 6.45) is 1.99. The number of rotatable bonds is 2. The van der Waals surface area contributed by atoms with E-state index in [4.69, 9.17) is 0 Å². The summed E-state index contributed by atoms with van der Waals surface area (Å²) in [7, 11) is 0. The molecule has 1 aromatic carbocycles. The monoisotopic (exact) mass is 212 g/mol. The van der Waals surface area contributed by atoms with Crippen molar-refractivity contribution in [2.75, 3.05) is 0 Å². The van der Waals surface area contributed by atoms with Gasteiger partial charge in [-0.3, -0.25) is 0 Å². The van der Waals surface area contributed by atoms with Crippen LogP contribution in [0.15, 0.2) is 12.1 Å². The molecule has 1 fully saturated rings. The van der Waals surface area contributed by atoms with Crippen LogP contribution in [0, 0.1) is 11.6 Å². The number of halogens is 2. The Morgan fingerprint density at radius 2 is 1.93 bits per heavy atom. The maximum Gasteiger partial charge on any atom is 0.164 e. The van der Waals surface area contributed by atoms with Gasteiger partial charge in [0.15, 0.2) is 11.6 Å². The van der Waals surface area contributed by atoms with Crippen molar-refractivity contribution in [3.05, 3.63) is 34.9 Å². The first-order valence-corrected chi connectivity index (χ1v) is 5.27. The molecule has 15 heavy (non-hydrogen) atoms. The summed E-state index contributed by atoms with van der Waals surface area (Å²) in [5.41, 5.74) is 0.499. The van der Waals surface area contributed by atoms with Crippen LogP contribution in [0.4, 0.5) is 8.78 Å². The second-order valence-electron chi connectivity index (χ2n) is 4.18. The quantitative estimate of drug-likeness (QED) is 0.797. The summed E-state index contributed by atoms with van der Waals surface area (Å²) in [6, 6.07) is 3.08. The Bertz CT molecular complexity index is 370. The first-order valence-electron chi connectivity index (χ1n) is 5.27. The maximum absolute atomic E-state index is 13.6. The minimum Gasteiger partial charge on any atom is -0.389 e. The molecular weight excluding hydrogens is 198 g/mol. The van der Waals surface area contributed by atoms with Gasteiger partial charge in [0.05, 0.1) is 6.10 Å². The normalized spacial score (nSPS) is 18.7. The number of benzene rings is 1. The Hall–Kier alpha value is -0.960. The smallest absolute Gasteiger partial charge is 0.164 e. The SMILES string of the molecule is CC(O)c1ccc(C2CCC2)c(F)c1F. The molecule has 82 valence electrons. The molecule has 0 aliphatic heterocycles. The Morgan fingerprint density at radius 1 is 1.27 bits per heavy atom. The number of aliphatic hydroxyl groups excluding tert-OH is 1. The van der Waals surface area contributed by atoms with Gasteiger partial charge in [0, 0.05) is 5.56 Å². The molecule has 1 atom stereocenters. The second-order valence-corrected chi connectivity index (χ2v) is 4.18. The van der Waals surface area contributed by atoms with E-state index >= 15 is 0 Å². The van der Waals surface area contributed by atoms with Gasteiger partial charge >= 0.3 is 0 Å². The van der Waals surface area contributed by atoms with Gasteiger partial charge in [0.2, 0.25) is 0 Å². The molecule has 0 amide bonds. The van der Waals surface area contributed by atoms with Crippen molar-refractivity contribution in [1.29, 1.82) is 0 Å². The standard InChI is InChI=1S/C12H14F2O/c1-7(15)9-5-6-10(8-3-2-4-8)12(14)11(9)13/h5-8,15H,2-4H2,1H3. The second kappa shape index (κ2) is 3.89. The minimum atomic E-state index is -0.963. The molecular formula is C12H14F2O. The summed E-state index contributed by atoms with van der Waals surface area (Å²) < 4.78 is 27.1. The van der Waals surface area contributed by atoms with Crippen LogP contribution in [-0.4, -0.2) is 5.11 Å². The van der Waals surface area contributed by atoms with Gasteiger partial charge in [0.1, 0.15) is 0 Å². The largest absolute Gasteiger partial charge is 0.389 e. The Morgan fingerprint density at radius 3 is 2.40 bits per heavy atom. The Labute approximate surface area is 87.7 Å². The van der Waals surface area contributed by atoms with Crippen molar-refractivity contribution in [3.63, 3.8) is 0 Å². The van der Waals surface area contributed by atoms with Crippen molar-refractivity contribution in [3.8, 4) is 0 Å². The highest BCUT2D eigenvalue weighted by Crippen LogP contribution is 2.38. The summed E-state index contributed by atoms with van der Waals surface area (Å²) >= 11 is 0. The first-order chi connectivity index (χ1) is 7.11. The van der Waals surface area contributed by atoms with Gasteiger partial charge in [0.25, 0.3) is 0 Å². The van der Waals surface area contributed by atoms with E-state index in [0.717, 1.165) is 19.3 Å². The van der Waals surface area contributed by atoms with Gasteiger partial charge in [-0.1, -0.05) is 18.6 Å². The third kappa shape index (κ3) is 1.76. The van der Waals surface area contributed by atoms with E-state index in [1.165, 1.54) is 13.0 Å². The molecule has 1 aliphatic rings. The van der Waals surface area contributed by atoms with Gasteiger partial charge < -0.3 is 5.11 Å². The van der Waals surface area contributed by atoms with Crippen LogP contribution in [0.5, 0.6) is 0 Å². The summed E-state index contributed by atoms with van der Waals surface area (Å²) in [6.45, 7) is 1.43. The van der Waals surface area contributed by atoms with E-state index in [-0.39, 0.29) is 11.5 Å². The minimum absolute atomic E-state index is 0.0376. The molecule has 1 N–H and O–H groups in total. The molecule has 0 heterocycles. The lowest BCUT2D eigenvalue weighted by atomic mass is 9.79. The summed E-state index contributed by atoms with van der Waals surface area (Å²) in [5, 5.41) is 9.22. The molecule has 2 rings (SSSR count). The lowest BCUT2D eigenvalue weighted by Gasteiger charge is -2.26. The van der Waals surface area contributed by atoms with Crippen LogP contribution in [0.1, 0.15) is 49.3 Å². The first kappa shape index (κ1) is 10.6. The van der Waals surface area contributed by atoms with Crippen LogP contribution < -0.4 is 0 Å². The lowest BCUT2D eigenvalue weighted by molar-refractivity contribution is 0.192. The predicted octanol–water partition coefficient (Wildman–Crippen LogP) is 3.29. The van der Waals surface area contributed by atoms with Gasteiger partial charge in [-0.2, -0.15) is 0 Å². The molecule has 0 aromatic heterocycles. The van der Waals surface area contributed by atoms with Crippen molar-refractivity contribution < 1.29 is 13.9 Å². The van der Waals surface area contributed by atoms with Crippen LogP contribution in [0.25, 0.3) is 0 Å². The van der Waals surface area contributed by atoms with Gasteiger partial charge in [-0.05, 0) is 31.2 Å². The number of aliphatic hydroxyl groups is 1. The molecule has 0 radical (unpaired) electrons. The van der Waals surface area contributed by atoms with Crippen LogP contribution in [0.3, 0.4) is 0 Å². The zero-order chi connectivity index (χ0) is 11.0. The topological polar surface area (TPSA) is 20.2 Å². The molecule has 0 spiro atoms. The zero-order valence-electron chi connectivity index (χ0n) is 8.63. The molecule has 1 unspecified atom stereocenters. The van der Waals surface area contributed by atoms with E-state index in [1.54, 1.807) is 6.07 Å². The fraction of sp³-hybridized carbons (Fsp3) is 0.500. The van der Waals surface area contributed by atoms with E-state index in [1.807, 2.05) is 0 Å². The van der Waals surface area contributed by atoms with E-state index in [2.05, 4.69) is 0 Å². The van der Waals surface area contributed by atoms with E-state index in [0.29, 0.717) is 5.56 Å². The number of hydrogen-bond acceptors (Lipinski definition) is 1. The molecule has 1 saturated carbocycles. The molecule has 1 aromatic rings. The van der Waals surface area contributed by atoms with E-state index < -0.39 is 17.7 Å². The lowest BCUT2D eigenvalue weighted by Crippen LogP contribution is -2.13. The average molecular weight is 212 g/mol. The average Bonchev–Trinajstić information content (AvgIpc) is 2.09. The molecule has 0 saturated heterocycles. The Balaban J connectivity index is 2.39. The van der Waals surface area contributed by atoms with Crippen molar-refractivity contribution in [2.45, 2.75) is 38.2 Å². The van der Waals surface area contributed by atoms with Crippen molar-refractivity contribution in [2.24, 2.45) is 0 Å². The highest BCUT2D eigenvalue weighted by atomic mass is 19.2. The van der Waals surface area contributed by atoms with Gasteiger partial charge in [-0.25, -0.2) is 8.78 Å². The van der Waals surface area contributed by atoms with Crippen LogP contribution in [0.2, 0.25) is 0 Å². The fourth-order valence-electron chi connectivity index (χ4n) is 1.94. The van der Waals surface area contributed by atoms with E-state index in [9.17, 15) is 13.9 Å². The van der Waals surface area contributed by atoms with Crippen LogP contribution >= 0.6 is 0 Å². The van der Waals surface area contributed by atoms with Gasteiger partial charge in [-0.15, -0.1) is 0 Å². The third-order valence-corrected chi connectivity index (χ3v) is 3.14. The zero-order valence-corrected chi connectivity index (χ0v) is 8.63. The molecule has 3 heteroatoms. The van der Waals surface area contributed by atoms with Crippen LogP contribution in [-0.2, 0) is 0 Å². The highest BCUT2D eigenvalue weighted by Gasteiger charge is 2.25. The highest BCUT2D eigenvalue weighted by molar-refractivity contribution is 5.31. The summed E-state index contributed by atoms with van der Waals surface area (Å²) in [4.78, 5) is 0. The van der Waals surface area contributed by atoms with Crippen molar-refractivity contribution in [1.82, 2.24) is 0 Å². The van der Waals surface area contributed by atoms with Crippen molar-refractivity contribution >= 4 is 0 Å². The molecule has 1 nitrogen and oxygen atoms in total. The third-order valence-electron chi connectivity index (χ3n) is 3.14.